The summed E-state index contributed by atoms with van der Waals surface area (Å²) in [5.74, 6) is 0.682. The fourth-order valence-electron chi connectivity index (χ4n) is 6.96. The van der Waals surface area contributed by atoms with Crippen molar-refractivity contribution >= 4 is 39.6 Å². The number of nitrogens with one attached hydrogen (secondary N) is 5. The number of imidazole rings is 2. The Labute approximate surface area is 271 Å². The largest absolute Gasteiger partial charge is 0.344 e. The number of anilines is 1. The molecule has 1 atom stereocenters. The number of rotatable bonds is 9. The van der Waals surface area contributed by atoms with Crippen molar-refractivity contribution in [2.75, 3.05) is 11.9 Å². The average Bonchev–Trinajstić information content (AvgIpc) is 3.64. The lowest BCUT2D eigenvalue weighted by Gasteiger charge is -2.28. The van der Waals surface area contributed by atoms with Gasteiger partial charge < -0.3 is 31.3 Å². The van der Waals surface area contributed by atoms with E-state index in [1.807, 2.05) is 30.3 Å². The molecule has 2 saturated carbocycles. The van der Waals surface area contributed by atoms with Crippen molar-refractivity contribution in [3.8, 4) is 11.1 Å². The van der Waals surface area contributed by atoms with E-state index >= 15 is 4.39 Å². The molecule has 0 radical (unpaired) electrons. The van der Waals surface area contributed by atoms with Crippen molar-refractivity contribution < 1.29 is 14.0 Å². The third-order valence-corrected chi connectivity index (χ3v) is 10.1. The van der Waals surface area contributed by atoms with E-state index in [2.05, 4.69) is 30.6 Å². The Morgan fingerprint density at radius 1 is 0.957 bits per heavy atom. The van der Waals surface area contributed by atoms with Crippen LogP contribution in [0.2, 0.25) is 0 Å². The fraction of sp³-hybridized carbons (Fsp3) is 0.389. The molecular weight excluding hydrogens is 597 g/mol. The minimum atomic E-state index is -0.841. The fourth-order valence-corrected chi connectivity index (χ4v) is 6.96. The number of carbonyl (C=O) groups excluding carboxylic acids is 2. The normalized spacial score (nSPS) is 19.0. The molecule has 0 aliphatic heterocycles. The lowest BCUT2D eigenvalue weighted by Crippen LogP contribution is -2.48. The van der Waals surface area contributed by atoms with Crippen molar-refractivity contribution in [3.05, 3.63) is 81.8 Å². The van der Waals surface area contributed by atoms with Gasteiger partial charge in [-0.3, -0.25) is 9.59 Å². The maximum absolute atomic E-state index is 15.5. The molecule has 0 saturated heterocycles. The first-order chi connectivity index (χ1) is 22.7. The second-order valence-electron chi connectivity index (χ2n) is 13.3. The Balaban J connectivity index is 1.11. The van der Waals surface area contributed by atoms with Crippen LogP contribution in [0.25, 0.3) is 33.2 Å². The molecule has 1 unspecified atom stereocenters. The lowest BCUT2D eigenvalue weighted by atomic mass is 9.81. The summed E-state index contributed by atoms with van der Waals surface area (Å²) in [6.45, 7) is 2.39. The number of benzene rings is 3. The number of amides is 2. The van der Waals surface area contributed by atoms with Gasteiger partial charge in [-0.25, -0.2) is 14.2 Å². The van der Waals surface area contributed by atoms with E-state index in [-0.39, 0.29) is 35.7 Å². The number of carbonyl (C=O) groups is 2. The van der Waals surface area contributed by atoms with Crippen LogP contribution >= 0.6 is 0 Å². The molecule has 244 valence electrons. The molecule has 2 aromatic heterocycles. The van der Waals surface area contributed by atoms with Gasteiger partial charge in [-0.05, 0) is 104 Å². The Hall–Kier alpha value is -4.77. The number of H-pyrrole nitrogens is 3. The summed E-state index contributed by atoms with van der Waals surface area (Å²) in [6.07, 6.45) is 6.87. The van der Waals surface area contributed by atoms with Crippen LogP contribution in [-0.4, -0.2) is 44.3 Å². The highest BCUT2D eigenvalue weighted by molar-refractivity contribution is 5.99. The topological polar surface area (TPSA) is 162 Å². The van der Waals surface area contributed by atoms with E-state index in [0.717, 1.165) is 61.0 Å². The summed E-state index contributed by atoms with van der Waals surface area (Å²) in [5.41, 5.74) is 11.3. The first-order valence-electron chi connectivity index (χ1n) is 16.6. The molecule has 3 aromatic carbocycles. The van der Waals surface area contributed by atoms with Crippen LogP contribution in [0.4, 0.5) is 10.1 Å². The van der Waals surface area contributed by atoms with Gasteiger partial charge in [0.15, 0.2) is 5.82 Å². The molecule has 2 amide bonds. The minimum absolute atomic E-state index is 0.136. The lowest BCUT2D eigenvalue weighted by molar-refractivity contribution is -0.130. The Kier molecular flexibility index (Phi) is 8.40. The molecule has 11 heteroatoms. The van der Waals surface area contributed by atoms with E-state index in [1.54, 1.807) is 25.1 Å². The Morgan fingerprint density at radius 2 is 1.70 bits per heavy atom. The molecule has 10 nitrogen and oxygen atoms in total. The summed E-state index contributed by atoms with van der Waals surface area (Å²) >= 11 is 0. The second kappa shape index (κ2) is 12.8. The number of halogens is 1. The maximum atomic E-state index is 15.5. The summed E-state index contributed by atoms with van der Waals surface area (Å²) < 4.78 is 15.5. The van der Waals surface area contributed by atoms with E-state index < -0.39 is 6.04 Å². The van der Waals surface area contributed by atoms with Crippen LogP contribution in [0.1, 0.15) is 67.8 Å². The molecule has 2 aliphatic carbocycles. The van der Waals surface area contributed by atoms with Crippen LogP contribution in [0.3, 0.4) is 0 Å². The molecule has 0 bridgehead atoms. The zero-order valence-corrected chi connectivity index (χ0v) is 26.4. The highest BCUT2D eigenvalue weighted by atomic mass is 19.1. The summed E-state index contributed by atoms with van der Waals surface area (Å²) in [6, 6.07) is 13.9. The predicted molar refractivity (Wildman–Crippen MR) is 181 cm³/mol. The predicted octanol–water partition coefficient (Wildman–Crippen LogP) is 5.55. The van der Waals surface area contributed by atoms with Crippen LogP contribution in [0.15, 0.2) is 53.3 Å². The molecule has 5 aromatic rings. The van der Waals surface area contributed by atoms with Crippen molar-refractivity contribution in [1.82, 2.24) is 25.3 Å². The van der Waals surface area contributed by atoms with Crippen LogP contribution in [-0.2, 0) is 16.0 Å². The van der Waals surface area contributed by atoms with Gasteiger partial charge in [0.1, 0.15) is 17.4 Å². The van der Waals surface area contributed by atoms with Gasteiger partial charge in [0.05, 0.1) is 16.6 Å². The van der Waals surface area contributed by atoms with Gasteiger partial charge in [0.25, 0.3) is 0 Å². The van der Waals surface area contributed by atoms with E-state index in [0.29, 0.717) is 51.7 Å². The van der Waals surface area contributed by atoms with Gasteiger partial charge >= 0.3 is 5.69 Å². The first-order valence-corrected chi connectivity index (χ1v) is 16.6. The van der Waals surface area contributed by atoms with Crippen LogP contribution in [0.5, 0.6) is 0 Å². The average molecular weight is 638 g/mol. The number of fused-ring (bicyclic) bond motifs is 2. The standard InChI is InChI=1S/C36H40FN7O3/c1-19-26(17-29-32(31(19)37)44-33(40-29)23-3-2-4-23)22-9-5-20(6-10-22)15-30(41-34(45)24-11-7-21(18-38)8-12-24)35(46)39-25-13-14-27-28(16-25)43-36(47)42-27/h5-6,9-10,13-14,16-17,21,23-24,30H,2-4,7-8,11-12,15,18,38H2,1H3,(H,39,46)(H,40,44)(H,41,45)(H2,42,43,47). The van der Waals surface area contributed by atoms with E-state index in [1.165, 1.54) is 6.42 Å². The quantitative estimate of drug-likeness (QED) is 0.125. The third-order valence-electron chi connectivity index (χ3n) is 10.1. The van der Waals surface area contributed by atoms with Crippen LogP contribution < -0.4 is 22.1 Å². The number of nitrogens with two attached hydrogens (primary N) is 1. The zero-order chi connectivity index (χ0) is 32.7. The molecule has 47 heavy (non-hydrogen) atoms. The van der Waals surface area contributed by atoms with Gasteiger partial charge in [-0.2, -0.15) is 0 Å². The Bertz CT molecular complexity index is 2000. The van der Waals surface area contributed by atoms with E-state index in [9.17, 15) is 14.4 Å². The molecule has 2 fully saturated rings. The number of nitrogens with zero attached hydrogens (tertiary/aromatic N) is 1. The van der Waals surface area contributed by atoms with Gasteiger partial charge in [-0.15, -0.1) is 0 Å². The molecular formula is C36H40FN7O3. The first kappa shape index (κ1) is 30.9. The monoisotopic (exact) mass is 637 g/mol. The molecule has 7 N–H and O–H groups in total. The van der Waals surface area contributed by atoms with Crippen molar-refractivity contribution in [3.63, 3.8) is 0 Å². The molecule has 0 spiro atoms. The van der Waals surface area contributed by atoms with Gasteiger partial charge in [0, 0.05) is 23.9 Å². The summed E-state index contributed by atoms with van der Waals surface area (Å²) in [5, 5.41) is 5.94. The highest BCUT2D eigenvalue weighted by Gasteiger charge is 2.30. The third kappa shape index (κ3) is 6.32. The van der Waals surface area contributed by atoms with Crippen molar-refractivity contribution in [2.45, 2.75) is 70.3 Å². The van der Waals surface area contributed by atoms with Gasteiger partial charge in [-0.1, -0.05) is 30.7 Å². The van der Waals surface area contributed by atoms with Crippen molar-refractivity contribution in [2.24, 2.45) is 17.6 Å². The molecule has 7 rings (SSSR count). The van der Waals surface area contributed by atoms with Crippen molar-refractivity contribution in [1.29, 1.82) is 0 Å². The number of hydrogen-bond donors (Lipinski definition) is 6. The molecule has 2 aliphatic rings. The summed E-state index contributed by atoms with van der Waals surface area (Å²) in [4.78, 5) is 52.1. The number of hydrogen-bond acceptors (Lipinski definition) is 5. The smallest absolute Gasteiger partial charge is 0.323 e. The summed E-state index contributed by atoms with van der Waals surface area (Å²) in [7, 11) is 0. The SMILES string of the molecule is Cc1c(-c2ccc(CC(NC(=O)C3CCC(CN)CC3)C(=O)Nc3ccc4[nH]c(=O)[nH]c4c3)cc2)cc2[nH]c(C3CCC3)nc2c1F. The van der Waals surface area contributed by atoms with Gasteiger partial charge in [0.2, 0.25) is 11.8 Å². The van der Waals surface area contributed by atoms with Crippen LogP contribution in [0, 0.1) is 24.6 Å². The number of aromatic amines is 3. The Morgan fingerprint density at radius 3 is 2.40 bits per heavy atom. The maximum Gasteiger partial charge on any atom is 0.323 e. The van der Waals surface area contributed by atoms with E-state index in [4.69, 9.17) is 5.73 Å². The highest BCUT2D eigenvalue weighted by Crippen LogP contribution is 2.37. The molecule has 2 heterocycles. The minimum Gasteiger partial charge on any atom is -0.344 e. The number of aromatic nitrogens is 4. The second-order valence-corrected chi connectivity index (χ2v) is 13.3. The zero-order valence-electron chi connectivity index (χ0n) is 26.4.